The minimum absolute atomic E-state index is 0.588. The Bertz CT molecular complexity index is 1060. The van der Waals surface area contributed by atoms with E-state index in [-0.39, 0.29) is 0 Å². The fraction of sp³-hybridized carbons (Fsp3) is 0.750. The summed E-state index contributed by atoms with van der Waals surface area (Å²) < 4.78 is 45.0. The van der Waals surface area contributed by atoms with Gasteiger partial charge in [-0.2, -0.15) is 0 Å². The van der Waals surface area contributed by atoms with Crippen molar-refractivity contribution in [2.45, 2.75) is 49.6 Å². The van der Waals surface area contributed by atoms with Crippen LogP contribution in [0.25, 0.3) is 0 Å². The first-order valence-electron chi connectivity index (χ1n) is 10.2. The molecule has 9 unspecified atom stereocenters. The molecular weight excluding hydrogens is 538 g/mol. The molecule has 9 N–H and O–H groups in total. The molecule has 1 aromatic rings. The van der Waals surface area contributed by atoms with E-state index in [4.69, 9.17) is 24.2 Å². The summed E-state index contributed by atoms with van der Waals surface area (Å²) in [6.45, 7) is -3.27. The van der Waals surface area contributed by atoms with Crippen molar-refractivity contribution in [3.05, 3.63) is 33.1 Å². The number of nitrogens with one attached hydrogen (secondary N) is 1. The molecule has 0 saturated carbocycles. The zero-order chi connectivity index (χ0) is 27.3. The van der Waals surface area contributed by atoms with E-state index >= 15 is 0 Å². The topological polar surface area (TPSA) is 288 Å². The molecule has 1 saturated heterocycles. The Kier molecular flexibility index (Phi) is 11.1. The van der Waals surface area contributed by atoms with Gasteiger partial charge in [0.05, 0.1) is 19.8 Å². The second kappa shape index (κ2) is 12.9. The van der Waals surface area contributed by atoms with Gasteiger partial charge < -0.3 is 54.4 Å². The van der Waals surface area contributed by atoms with Crippen molar-refractivity contribution in [3.63, 3.8) is 0 Å². The molecule has 2 rings (SSSR count). The van der Waals surface area contributed by atoms with Crippen molar-refractivity contribution >= 4 is 15.2 Å². The van der Waals surface area contributed by atoms with Gasteiger partial charge in [-0.25, -0.2) is 4.79 Å². The molecule has 0 amide bonds. The number of rotatable bonds is 13. The van der Waals surface area contributed by atoms with E-state index in [0.717, 1.165) is 16.8 Å². The van der Waals surface area contributed by atoms with E-state index in [1.807, 2.05) is 4.98 Å². The summed E-state index contributed by atoms with van der Waals surface area (Å²) >= 11 is 0. The van der Waals surface area contributed by atoms with E-state index in [0.29, 0.717) is 0 Å². The molecule has 0 aromatic carbocycles. The maximum absolute atomic E-state index is 12.4. The Morgan fingerprint density at radius 3 is 2.33 bits per heavy atom. The number of aliphatic hydroxyl groups is 6. The predicted molar refractivity (Wildman–Crippen MR) is 115 cm³/mol. The predicted octanol–water partition coefficient (Wildman–Crippen LogP) is -4.61. The van der Waals surface area contributed by atoms with Crippen molar-refractivity contribution < 1.29 is 68.1 Å². The van der Waals surface area contributed by atoms with Crippen molar-refractivity contribution in [3.8, 4) is 0 Å². The van der Waals surface area contributed by atoms with Gasteiger partial charge in [0.1, 0.15) is 43.4 Å². The molecule has 20 heteroatoms. The molecule has 0 aliphatic carbocycles. The molecule has 208 valence electrons. The standard InChI is InChI=1S/C16H28N2O16P2/c19-3-8(21)10(31-6-18-2-1-11(22)17-16(18)26)5-32-35(27,28)7-36(29,30)34-15-14(25)13(24)12(23)9(4-20)33-15/h1-2,8-10,12-15,19-21,23-25H,3-7H2,(H,27,28)(H,29,30)(H,17,22,26). The monoisotopic (exact) mass is 566 g/mol. The number of H-pyrrole nitrogens is 1. The molecule has 9 atom stereocenters. The normalized spacial score (nSPS) is 29.7. The molecule has 0 spiro atoms. The summed E-state index contributed by atoms with van der Waals surface area (Å²) in [7, 11) is -10.1. The largest absolute Gasteiger partial charge is 0.394 e. The molecule has 1 aromatic heterocycles. The molecule has 0 radical (unpaired) electrons. The minimum atomic E-state index is -5.10. The van der Waals surface area contributed by atoms with Crippen molar-refractivity contribution in [2.75, 3.05) is 25.7 Å². The quantitative estimate of drug-likeness (QED) is 0.101. The van der Waals surface area contributed by atoms with Crippen LogP contribution in [0, 0.1) is 0 Å². The van der Waals surface area contributed by atoms with Gasteiger partial charge in [-0.05, 0) is 0 Å². The summed E-state index contributed by atoms with van der Waals surface area (Å²) in [5.41, 5.74) is -1.56. The second-order valence-electron chi connectivity index (χ2n) is 7.68. The van der Waals surface area contributed by atoms with Crippen LogP contribution in [0.4, 0.5) is 0 Å². The highest BCUT2D eigenvalue weighted by Crippen LogP contribution is 2.59. The first kappa shape index (κ1) is 30.9. The maximum atomic E-state index is 12.4. The lowest BCUT2D eigenvalue weighted by molar-refractivity contribution is -0.278. The van der Waals surface area contributed by atoms with Crippen LogP contribution in [-0.2, 0) is 34.4 Å². The highest BCUT2D eigenvalue weighted by atomic mass is 31.2. The fourth-order valence-corrected chi connectivity index (χ4v) is 6.20. The molecule has 2 heterocycles. The molecule has 36 heavy (non-hydrogen) atoms. The van der Waals surface area contributed by atoms with E-state index in [2.05, 4.69) is 4.52 Å². The highest BCUT2D eigenvalue weighted by molar-refractivity contribution is 7.70. The van der Waals surface area contributed by atoms with Crippen LogP contribution in [0.3, 0.4) is 0 Å². The lowest BCUT2D eigenvalue weighted by atomic mass is 10.00. The molecule has 1 fully saturated rings. The zero-order valence-electron chi connectivity index (χ0n) is 18.4. The first-order valence-corrected chi connectivity index (χ1v) is 13.7. The van der Waals surface area contributed by atoms with E-state index in [9.17, 15) is 48.9 Å². The lowest BCUT2D eigenvalue weighted by Gasteiger charge is -2.39. The van der Waals surface area contributed by atoms with Crippen LogP contribution in [0.1, 0.15) is 0 Å². The zero-order valence-corrected chi connectivity index (χ0v) is 20.2. The average Bonchev–Trinajstić information content (AvgIpc) is 2.79. The van der Waals surface area contributed by atoms with Crippen LogP contribution >= 0.6 is 15.2 Å². The van der Waals surface area contributed by atoms with Gasteiger partial charge in [-0.1, -0.05) is 0 Å². The van der Waals surface area contributed by atoms with Crippen LogP contribution in [0.2, 0.25) is 0 Å². The van der Waals surface area contributed by atoms with Gasteiger partial charge in [0.15, 0.2) is 12.2 Å². The summed E-state index contributed by atoms with van der Waals surface area (Å²) in [6, 6.07) is 0.995. The van der Waals surface area contributed by atoms with Gasteiger partial charge in [0, 0.05) is 12.3 Å². The van der Waals surface area contributed by atoms with Crippen LogP contribution in [0.15, 0.2) is 21.9 Å². The summed E-state index contributed by atoms with van der Waals surface area (Å²) in [6.07, 6.45) is -11.5. The molecule has 18 nitrogen and oxygen atoms in total. The van der Waals surface area contributed by atoms with E-state index in [1.54, 1.807) is 0 Å². The van der Waals surface area contributed by atoms with Crippen molar-refractivity contribution in [1.82, 2.24) is 9.55 Å². The van der Waals surface area contributed by atoms with Crippen molar-refractivity contribution in [2.24, 2.45) is 0 Å². The summed E-state index contributed by atoms with van der Waals surface area (Å²) in [4.78, 5) is 44.7. The Morgan fingerprint density at radius 1 is 1.08 bits per heavy atom. The number of ether oxygens (including phenoxy) is 2. The van der Waals surface area contributed by atoms with Gasteiger partial charge in [-0.15, -0.1) is 0 Å². The number of hydrogen-bond donors (Lipinski definition) is 9. The number of aromatic nitrogens is 2. The first-order chi connectivity index (χ1) is 16.7. The number of aliphatic hydroxyl groups excluding tert-OH is 6. The van der Waals surface area contributed by atoms with Crippen molar-refractivity contribution in [1.29, 1.82) is 0 Å². The summed E-state index contributed by atoms with van der Waals surface area (Å²) in [5.74, 6) is -1.56. The van der Waals surface area contributed by atoms with Crippen LogP contribution in [0.5, 0.6) is 0 Å². The fourth-order valence-electron chi connectivity index (χ4n) is 2.92. The van der Waals surface area contributed by atoms with E-state index in [1.165, 1.54) is 0 Å². The number of hydrogen-bond acceptors (Lipinski definition) is 14. The SMILES string of the molecule is O=c1ccn(COC(COP(=O)(O)CP(=O)(O)OC2OC(CO)C(O)C(O)C2O)C(O)CO)c(=O)[nH]1. The Labute approximate surface area is 202 Å². The molecule has 1 aliphatic heterocycles. The lowest BCUT2D eigenvalue weighted by Crippen LogP contribution is -2.58. The third kappa shape index (κ3) is 8.61. The number of aromatic amines is 1. The Hall–Kier alpha value is -1.34. The smallest absolute Gasteiger partial charge is 0.342 e. The summed E-state index contributed by atoms with van der Waals surface area (Å²) in [5, 5.41) is 57.5. The van der Waals surface area contributed by atoms with Gasteiger partial charge in [-0.3, -0.25) is 28.0 Å². The Balaban J connectivity index is 2.01. The molecule has 0 bridgehead atoms. The van der Waals surface area contributed by atoms with Gasteiger partial charge in [0.25, 0.3) is 5.56 Å². The third-order valence-corrected chi connectivity index (χ3v) is 8.80. The van der Waals surface area contributed by atoms with Gasteiger partial charge >= 0.3 is 20.9 Å². The maximum Gasteiger partial charge on any atom is 0.342 e. The van der Waals surface area contributed by atoms with Crippen LogP contribution < -0.4 is 11.2 Å². The Morgan fingerprint density at radius 2 is 1.75 bits per heavy atom. The average molecular weight is 566 g/mol. The number of nitrogens with zero attached hydrogens (tertiary/aromatic N) is 1. The third-order valence-electron chi connectivity index (χ3n) is 4.86. The highest BCUT2D eigenvalue weighted by Gasteiger charge is 2.47. The van der Waals surface area contributed by atoms with Gasteiger partial charge in [0.2, 0.25) is 0 Å². The molecule has 1 aliphatic rings. The second-order valence-corrected chi connectivity index (χ2v) is 11.8. The minimum Gasteiger partial charge on any atom is -0.394 e. The molecular formula is C16H28N2O16P2. The van der Waals surface area contributed by atoms with E-state index < -0.39 is 102 Å². The van der Waals surface area contributed by atoms with Crippen LogP contribution in [-0.4, -0.2) is 119 Å².